The van der Waals surface area contributed by atoms with Crippen LogP contribution in [0, 0.1) is 0 Å². The lowest BCUT2D eigenvalue weighted by Gasteiger charge is -2.29. The summed E-state index contributed by atoms with van der Waals surface area (Å²) < 4.78 is 19.6. The molecule has 0 atom stereocenters. The molecule has 2 aliphatic rings. The zero-order valence-electron chi connectivity index (χ0n) is 19.4. The summed E-state index contributed by atoms with van der Waals surface area (Å²) in [5.74, 6) is 2.27. The van der Waals surface area contributed by atoms with Gasteiger partial charge < -0.3 is 18.8 Å². The van der Waals surface area contributed by atoms with Gasteiger partial charge in [-0.05, 0) is 54.1 Å². The fourth-order valence-electron chi connectivity index (χ4n) is 4.74. The van der Waals surface area contributed by atoms with Crippen LogP contribution < -0.4 is 14.2 Å². The smallest absolute Gasteiger partial charge is 0.231 e. The summed E-state index contributed by atoms with van der Waals surface area (Å²) in [6.07, 6.45) is 3.80. The molecule has 0 aliphatic carbocycles. The number of aromatic nitrogens is 1. The van der Waals surface area contributed by atoms with Crippen molar-refractivity contribution in [1.29, 1.82) is 0 Å². The summed E-state index contributed by atoms with van der Waals surface area (Å²) in [5, 5.41) is 1.70. The van der Waals surface area contributed by atoms with Crippen LogP contribution in [0.5, 0.6) is 17.2 Å². The number of methoxy groups -OCH3 is 1. The summed E-state index contributed by atoms with van der Waals surface area (Å²) in [6.45, 7) is 1.78. The number of ketones is 1. The molecule has 3 heterocycles. The summed E-state index contributed by atoms with van der Waals surface area (Å²) in [6, 6.07) is 17.3. The monoisotopic (exact) mass is 486 g/mol. The number of hydrogen-bond donors (Lipinski definition) is 0. The zero-order valence-corrected chi connectivity index (χ0v) is 20.1. The van der Waals surface area contributed by atoms with Gasteiger partial charge in [0, 0.05) is 47.8 Å². The van der Waals surface area contributed by atoms with Crippen molar-refractivity contribution in [1.82, 2.24) is 9.47 Å². The van der Waals surface area contributed by atoms with Gasteiger partial charge in [-0.15, -0.1) is 0 Å². The second kappa shape index (κ2) is 8.48. The number of allylic oxidation sites excluding steroid dienone is 1. The van der Waals surface area contributed by atoms with E-state index in [9.17, 15) is 4.79 Å². The van der Waals surface area contributed by atoms with Crippen LogP contribution >= 0.6 is 11.6 Å². The van der Waals surface area contributed by atoms with Gasteiger partial charge >= 0.3 is 0 Å². The van der Waals surface area contributed by atoms with Crippen LogP contribution in [0.2, 0.25) is 5.02 Å². The molecule has 0 spiro atoms. The van der Waals surface area contributed by atoms with Gasteiger partial charge in [0.25, 0.3) is 0 Å². The number of ether oxygens (including phenoxy) is 3. The van der Waals surface area contributed by atoms with E-state index in [-0.39, 0.29) is 5.78 Å². The molecule has 0 radical (unpaired) electrons. The lowest BCUT2D eigenvalue weighted by Crippen LogP contribution is -2.31. The van der Waals surface area contributed by atoms with Crippen molar-refractivity contribution in [3.63, 3.8) is 0 Å². The quantitative estimate of drug-likeness (QED) is 0.341. The van der Waals surface area contributed by atoms with Gasteiger partial charge in [-0.25, -0.2) is 0 Å². The van der Waals surface area contributed by atoms with Crippen molar-refractivity contribution >= 4 is 34.4 Å². The highest BCUT2D eigenvalue weighted by atomic mass is 35.5. The highest BCUT2D eigenvalue weighted by Gasteiger charge is 2.33. The summed E-state index contributed by atoms with van der Waals surface area (Å²) in [7, 11) is 3.62. The third-order valence-electron chi connectivity index (χ3n) is 6.52. The molecule has 35 heavy (non-hydrogen) atoms. The molecule has 0 saturated carbocycles. The Labute approximate surface area is 207 Å². The average Bonchev–Trinajstić information content (AvgIpc) is 3.36. The molecule has 6 nitrogen and oxygen atoms in total. The maximum atomic E-state index is 13.3. The molecule has 0 N–H and O–H groups in total. The number of hydrogen-bond acceptors (Lipinski definition) is 5. The average molecular weight is 487 g/mol. The van der Waals surface area contributed by atoms with Crippen LogP contribution in [0.3, 0.4) is 0 Å². The van der Waals surface area contributed by atoms with Crippen molar-refractivity contribution in [2.24, 2.45) is 7.05 Å². The predicted molar refractivity (Wildman–Crippen MR) is 135 cm³/mol. The zero-order chi connectivity index (χ0) is 24.1. The van der Waals surface area contributed by atoms with E-state index < -0.39 is 0 Å². The minimum atomic E-state index is -0.127. The molecule has 1 aromatic heterocycles. The summed E-state index contributed by atoms with van der Waals surface area (Å²) >= 11 is 6.02. The molecular weight excluding hydrogens is 464 g/mol. The maximum Gasteiger partial charge on any atom is 0.231 e. The molecule has 0 bridgehead atoms. The maximum absolute atomic E-state index is 13.3. The van der Waals surface area contributed by atoms with Crippen molar-refractivity contribution in [2.45, 2.75) is 13.1 Å². The van der Waals surface area contributed by atoms with E-state index in [1.165, 1.54) is 0 Å². The molecule has 0 amide bonds. The minimum Gasteiger partial charge on any atom is -0.497 e. The molecule has 0 saturated heterocycles. The van der Waals surface area contributed by atoms with Gasteiger partial charge in [-0.2, -0.15) is 0 Å². The topological polar surface area (TPSA) is 52.9 Å². The van der Waals surface area contributed by atoms with Gasteiger partial charge in [-0.3, -0.25) is 9.69 Å². The number of nitrogens with zero attached hydrogens (tertiary/aromatic N) is 2. The van der Waals surface area contributed by atoms with E-state index >= 15 is 0 Å². The van der Waals surface area contributed by atoms with E-state index in [1.54, 1.807) is 13.2 Å². The van der Waals surface area contributed by atoms with E-state index in [2.05, 4.69) is 4.90 Å². The number of carbonyl (C=O) groups is 1. The Bertz CT molecular complexity index is 1500. The van der Waals surface area contributed by atoms with Gasteiger partial charge in [0.1, 0.15) is 24.0 Å². The van der Waals surface area contributed by atoms with E-state index in [0.717, 1.165) is 39.1 Å². The highest BCUT2D eigenvalue weighted by molar-refractivity contribution is 6.30. The lowest BCUT2D eigenvalue weighted by molar-refractivity contribution is 0.0873. The van der Waals surface area contributed by atoms with Gasteiger partial charge in [0.05, 0.1) is 18.2 Å². The predicted octanol–water partition coefficient (Wildman–Crippen LogP) is 5.81. The Morgan fingerprint density at radius 2 is 1.94 bits per heavy atom. The number of fused-ring (bicyclic) bond motifs is 4. The number of aryl methyl sites for hydroxylation is 1. The Morgan fingerprint density at radius 3 is 2.74 bits per heavy atom. The molecule has 2 aliphatic heterocycles. The van der Waals surface area contributed by atoms with Gasteiger partial charge in [0.2, 0.25) is 5.78 Å². The SMILES string of the molecule is COc1ccc2c(c1)c(/C=C1\Oc3c(ccc4c3CN(Cc3ccc(Cl)cc3)CO4)C1=O)cn2C. The number of Topliss-reactive ketones (excluding diaryl/α,β-unsaturated/α-hetero) is 1. The molecule has 176 valence electrons. The summed E-state index contributed by atoms with van der Waals surface area (Å²) in [5.41, 5.74) is 4.53. The van der Waals surface area contributed by atoms with Crippen LogP contribution in [0.25, 0.3) is 17.0 Å². The third kappa shape index (κ3) is 3.85. The first-order chi connectivity index (χ1) is 17.0. The first kappa shape index (κ1) is 21.8. The minimum absolute atomic E-state index is 0.127. The molecule has 7 heteroatoms. The third-order valence-corrected chi connectivity index (χ3v) is 6.77. The van der Waals surface area contributed by atoms with E-state index in [1.807, 2.05) is 72.4 Å². The van der Waals surface area contributed by atoms with Crippen LogP contribution in [0.4, 0.5) is 0 Å². The number of benzene rings is 3. The van der Waals surface area contributed by atoms with E-state index in [0.29, 0.717) is 41.9 Å². The Hall–Kier alpha value is -3.74. The molecule has 0 fully saturated rings. The molecule has 4 aromatic rings. The largest absolute Gasteiger partial charge is 0.497 e. The molecular formula is C28H23ClN2O4. The Morgan fingerprint density at radius 1 is 1.11 bits per heavy atom. The van der Waals surface area contributed by atoms with Crippen LogP contribution in [0.15, 0.2) is 66.6 Å². The van der Waals surface area contributed by atoms with Crippen molar-refractivity contribution in [2.75, 3.05) is 13.8 Å². The fourth-order valence-corrected chi connectivity index (χ4v) is 4.86. The molecule has 0 unspecified atom stereocenters. The van der Waals surface area contributed by atoms with Crippen LogP contribution in [0.1, 0.15) is 27.0 Å². The Balaban J connectivity index is 1.32. The summed E-state index contributed by atoms with van der Waals surface area (Å²) in [4.78, 5) is 15.4. The number of rotatable bonds is 4. The van der Waals surface area contributed by atoms with E-state index in [4.69, 9.17) is 25.8 Å². The van der Waals surface area contributed by atoms with Crippen molar-refractivity contribution < 1.29 is 19.0 Å². The second-order valence-corrected chi connectivity index (χ2v) is 9.26. The van der Waals surface area contributed by atoms with Crippen molar-refractivity contribution in [3.05, 3.63) is 93.8 Å². The van der Waals surface area contributed by atoms with Gasteiger partial charge in [-0.1, -0.05) is 23.7 Å². The number of carbonyl (C=O) groups excluding carboxylic acids is 1. The fraction of sp³-hybridized carbons (Fsp3) is 0.179. The van der Waals surface area contributed by atoms with Crippen LogP contribution in [-0.4, -0.2) is 29.1 Å². The first-order valence-electron chi connectivity index (χ1n) is 11.3. The number of halogens is 1. The lowest BCUT2D eigenvalue weighted by atomic mass is 10.0. The second-order valence-electron chi connectivity index (χ2n) is 8.82. The highest BCUT2D eigenvalue weighted by Crippen LogP contribution is 2.42. The normalized spacial score (nSPS) is 16.2. The molecule has 6 rings (SSSR count). The van der Waals surface area contributed by atoms with Gasteiger partial charge in [0.15, 0.2) is 5.76 Å². The Kier molecular flexibility index (Phi) is 5.28. The standard InChI is InChI=1S/C28H23ClN2O4/c1-30-14-18(22-12-20(33-2)7-9-24(22)30)11-26-27(32)21-8-10-25-23(28(21)35-26)15-31(16-34-25)13-17-3-5-19(29)6-4-17/h3-12,14H,13,15-16H2,1-2H3/b26-11-. The molecule has 3 aromatic carbocycles. The first-order valence-corrected chi connectivity index (χ1v) is 11.7. The van der Waals surface area contributed by atoms with Crippen molar-refractivity contribution in [3.8, 4) is 17.2 Å². The van der Waals surface area contributed by atoms with Crippen LogP contribution in [-0.2, 0) is 20.1 Å².